The Bertz CT molecular complexity index is 640. The van der Waals surface area contributed by atoms with Gasteiger partial charge in [0.2, 0.25) is 0 Å². The fourth-order valence-corrected chi connectivity index (χ4v) is 3.68. The van der Waals surface area contributed by atoms with E-state index >= 15 is 0 Å². The molecule has 0 aliphatic heterocycles. The van der Waals surface area contributed by atoms with E-state index in [-0.39, 0.29) is 12.1 Å². The third-order valence-electron chi connectivity index (χ3n) is 5.21. The van der Waals surface area contributed by atoms with Crippen LogP contribution in [-0.4, -0.2) is 22.8 Å². The zero-order valence-electron chi connectivity index (χ0n) is 15.7. The van der Waals surface area contributed by atoms with Crippen molar-refractivity contribution in [3.8, 4) is 0 Å². The van der Waals surface area contributed by atoms with Crippen molar-refractivity contribution < 1.29 is 4.79 Å². The van der Waals surface area contributed by atoms with E-state index in [2.05, 4.69) is 60.4 Å². The zero-order chi connectivity index (χ0) is 18.4. The van der Waals surface area contributed by atoms with Gasteiger partial charge in [-0.2, -0.15) is 0 Å². The second-order valence-electron chi connectivity index (χ2n) is 7.45. The monoisotopic (exact) mass is 350 g/mol. The lowest BCUT2D eigenvalue weighted by molar-refractivity contribution is -0.125. The first-order valence-corrected chi connectivity index (χ1v) is 9.79. The van der Waals surface area contributed by atoms with Crippen molar-refractivity contribution in [2.24, 2.45) is 11.7 Å². The molecule has 3 heteroatoms. The van der Waals surface area contributed by atoms with Crippen molar-refractivity contribution in [2.45, 2.75) is 57.8 Å². The summed E-state index contributed by atoms with van der Waals surface area (Å²) in [5, 5.41) is 0. The Kier molecular flexibility index (Phi) is 6.59. The number of ketones is 1. The Morgan fingerprint density at radius 3 is 1.92 bits per heavy atom. The highest BCUT2D eigenvalue weighted by atomic mass is 16.1. The molecule has 2 atom stereocenters. The highest BCUT2D eigenvalue weighted by Gasteiger charge is 2.39. The molecular weight excluding hydrogens is 320 g/mol. The average Bonchev–Trinajstić information content (AvgIpc) is 3.49. The van der Waals surface area contributed by atoms with Crippen molar-refractivity contribution in [3.05, 3.63) is 71.8 Å². The maximum absolute atomic E-state index is 13.0. The van der Waals surface area contributed by atoms with Gasteiger partial charge < -0.3 is 5.73 Å². The third kappa shape index (κ3) is 5.03. The van der Waals surface area contributed by atoms with Crippen LogP contribution in [-0.2, 0) is 17.9 Å². The highest BCUT2D eigenvalue weighted by Crippen LogP contribution is 2.35. The van der Waals surface area contributed by atoms with Crippen LogP contribution in [0.4, 0.5) is 0 Å². The molecule has 0 aromatic heterocycles. The Balaban J connectivity index is 1.87. The molecule has 2 unspecified atom stereocenters. The second-order valence-corrected chi connectivity index (χ2v) is 7.45. The lowest BCUT2D eigenvalue weighted by Crippen LogP contribution is -2.53. The van der Waals surface area contributed by atoms with Gasteiger partial charge in [0.25, 0.3) is 0 Å². The van der Waals surface area contributed by atoms with Crippen molar-refractivity contribution in [1.29, 1.82) is 0 Å². The molecule has 0 spiro atoms. The van der Waals surface area contributed by atoms with Crippen LogP contribution in [0.15, 0.2) is 60.7 Å². The van der Waals surface area contributed by atoms with Crippen LogP contribution in [0.25, 0.3) is 0 Å². The van der Waals surface area contributed by atoms with Gasteiger partial charge in [0, 0.05) is 25.6 Å². The number of carbonyl (C=O) groups is 1. The molecule has 1 aliphatic rings. The fraction of sp³-hybridized carbons (Fsp3) is 0.435. The number of hydrogen-bond acceptors (Lipinski definition) is 3. The van der Waals surface area contributed by atoms with Gasteiger partial charge in [-0.3, -0.25) is 9.69 Å². The summed E-state index contributed by atoms with van der Waals surface area (Å²) >= 11 is 0. The molecule has 2 N–H and O–H groups in total. The molecule has 0 radical (unpaired) electrons. The van der Waals surface area contributed by atoms with Crippen LogP contribution >= 0.6 is 0 Å². The van der Waals surface area contributed by atoms with Gasteiger partial charge in [-0.05, 0) is 36.3 Å². The quantitative estimate of drug-likeness (QED) is 0.700. The van der Waals surface area contributed by atoms with Gasteiger partial charge in [0.1, 0.15) is 0 Å². The van der Waals surface area contributed by atoms with E-state index in [1.807, 2.05) is 12.1 Å². The molecule has 1 saturated carbocycles. The van der Waals surface area contributed by atoms with Gasteiger partial charge in [-0.1, -0.05) is 67.6 Å². The Morgan fingerprint density at radius 2 is 1.50 bits per heavy atom. The summed E-state index contributed by atoms with van der Waals surface area (Å²) in [4.78, 5) is 15.3. The molecule has 0 bridgehead atoms. The molecule has 3 nitrogen and oxygen atoms in total. The molecule has 1 aliphatic carbocycles. The molecule has 0 amide bonds. The Hall–Kier alpha value is -1.97. The first-order chi connectivity index (χ1) is 12.7. The fourth-order valence-electron chi connectivity index (χ4n) is 3.68. The number of hydrogen-bond donors (Lipinski definition) is 1. The normalized spacial score (nSPS) is 16.4. The minimum absolute atomic E-state index is 0.0681. The van der Waals surface area contributed by atoms with E-state index in [0.29, 0.717) is 18.1 Å². The number of benzene rings is 2. The minimum Gasteiger partial charge on any atom is -0.326 e. The summed E-state index contributed by atoms with van der Waals surface area (Å²) in [6, 6.07) is 20.5. The molecule has 26 heavy (non-hydrogen) atoms. The van der Waals surface area contributed by atoms with Gasteiger partial charge in [0.15, 0.2) is 5.78 Å². The summed E-state index contributed by atoms with van der Waals surface area (Å²) in [5.74, 6) is 0.786. The predicted octanol–water partition coefficient (Wildman–Crippen LogP) is 4.16. The smallest absolute Gasteiger partial charge is 0.151 e. The van der Waals surface area contributed by atoms with E-state index in [0.717, 1.165) is 32.4 Å². The van der Waals surface area contributed by atoms with Crippen molar-refractivity contribution in [3.63, 3.8) is 0 Å². The molecule has 1 fully saturated rings. The van der Waals surface area contributed by atoms with E-state index in [9.17, 15) is 4.79 Å². The van der Waals surface area contributed by atoms with Crippen molar-refractivity contribution in [1.82, 2.24) is 4.90 Å². The van der Waals surface area contributed by atoms with E-state index < -0.39 is 0 Å². The number of nitrogens with two attached hydrogens (primary N) is 1. The third-order valence-corrected chi connectivity index (χ3v) is 5.21. The SMILES string of the molecule is CCCC(=O)C(C(N)C1CC1)N(Cc1ccccc1)Cc1ccccc1. The van der Waals surface area contributed by atoms with Gasteiger partial charge in [0.05, 0.1) is 6.04 Å². The zero-order valence-corrected chi connectivity index (χ0v) is 15.7. The van der Waals surface area contributed by atoms with Crippen LogP contribution in [0.1, 0.15) is 43.7 Å². The molecule has 138 valence electrons. The Morgan fingerprint density at radius 1 is 1.00 bits per heavy atom. The number of nitrogens with zero attached hydrogens (tertiary/aromatic N) is 1. The maximum atomic E-state index is 13.0. The molecule has 2 aromatic carbocycles. The Labute approximate surface area is 157 Å². The summed E-state index contributed by atoms with van der Waals surface area (Å²) in [5.41, 5.74) is 9.05. The number of carbonyl (C=O) groups excluding carboxylic acids is 1. The van der Waals surface area contributed by atoms with Crippen LogP contribution in [0.2, 0.25) is 0 Å². The van der Waals surface area contributed by atoms with E-state index in [4.69, 9.17) is 5.73 Å². The molecule has 0 heterocycles. The van der Waals surface area contributed by atoms with Crippen LogP contribution in [0.3, 0.4) is 0 Å². The standard InChI is InChI=1S/C23H30N2O/c1-2-9-21(26)23(22(24)20-14-15-20)25(16-18-10-5-3-6-11-18)17-19-12-7-4-8-13-19/h3-8,10-13,20,22-23H,2,9,14-17,24H2,1H3. The highest BCUT2D eigenvalue weighted by molar-refractivity contribution is 5.84. The average molecular weight is 351 g/mol. The number of rotatable bonds is 10. The van der Waals surface area contributed by atoms with Gasteiger partial charge >= 0.3 is 0 Å². The summed E-state index contributed by atoms with van der Waals surface area (Å²) < 4.78 is 0. The largest absolute Gasteiger partial charge is 0.326 e. The lowest BCUT2D eigenvalue weighted by Gasteiger charge is -2.35. The molecule has 0 saturated heterocycles. The van der Waals surface area contributed by atoms with Gasteiger partial charge in [-0.15, -0.1) is 0 Å². The van der Waals surface area contributed by atoms with Crippen LogP contribution in [0.5, 0.6) is 0 Å². The lowest BCUT2D eigenvalue weighted by atomic mass is 9.94. The number of Topliss-reactive ketones (excluding diaryl/α,β-unsaturated/α-hetero) is 1. The minimum atomic E-state index is -0.206. The summed E-state index contributed by atoms with van der Waals surface area (Å²) in [7, 11) is 0. The van der Waals surface area contributed by atoms with Crippen molar-refractivity contribution in [2.75, 3.05) is 0 Å². The first-order valence-electron chi connectivity index (χ1n) is 9.79. The molecule has 3 rings (SSSR count). The summed E-state index contributed by atoms with van der Waals surface area (Å²) in [6.45, 7) is 3.56. The van der Waals surface area contributed by atoms with E-state index in [1.54, 1.807) is 0 Å². The van der Waals surface area contributed by atoms with Crippen LogP contribution < -0.4 is 5.73 Å². The molecular formula is C23H30N2O. The second kappa shape index (κ2) is 9.11. The van der Waals surface area contributed by atoms with Gasteiger partial charge in [-0.25, -0.2) is 0 Å². The first kappa shape index (κ1) is 18.8. The maximum Gasteiger partial charge on any atom is 0.151 e. The topological polar surface area (TPSA) is 46.3 Å². The van der Waals surface area contributed by atoms with E-state index in [1.165, 1.54) is 11.1 Å². The molecule has 2 aromatic rings. The van der Waals surface area contributed by atoms with Crippen LogP contribution in [0, 0.1) is 5.92 Å². The predicted molar refractivity (Wildman–Crippen MR) is 107 cm³/mol. The summed E-state index contributed by atoms with van der Waals surface area (Å²) in [6.07, 6.45) is 3.78. The van der Waals surface area contributed by atoms with Crippen molar-refractivity contribution >= 4 is 5.78 Å².